The quantitative estimate of drug-likeness (QED) is 0.867. The van der Waals surface area contributed by atoms with Crippen molar-refractivity contribution in [1.29, 1.82) is 0 Å². The third-order valence-electron chi connectivity index (χ3n) is 2.51. The highest BCUT2D eigenvalue weighted by Gasteiger charge is 2.70. The molecule has 0 spiro atoms. The largest absolute Gasteiger partial charge is 0.478 e. The maximum absolute atomic E-state index is 12.6. The Hall–Kier alpha value is -1.93. The zero-order valence-electron chi connectivity index (χ0n) is 9.84. The van der Waals surface area contributed by atoms with Gasteiger partial charge in [-0.25, -0.2) is 4.79 Å². The number of carboxylic acid groups (broad SMARTS) is 1. The number of alkyl halides is 6. The number of hydrogen-bond donors (Lipinski definition) is 1. The Kier molecular flexibility index (Phi) is 3.93. The average Bonchev–Trinajstić information content (AvgIpc) is 2.26. The molecule has 20 heavy (non-hydrogen) atoms. The molecule has 0 heterocycles. The lowest BCUT2D eigenvalue weighted by Crippen LogP contribution is -2.58. The van der Waals surface area contributed by atoms with Crippen LogP contribution in [0.3, 0.4) is 0 Å². The minimum absolute atomic E-state index is 0.203. The van der Waals surface area contributed by atoms with E-state index in [4.69, 9.17) is 5.11 Å². The lowest BCUT2D eigenvalue weighted by atomic mass is 10.1. The van der Waals surface area contributed by atoms with E-state index in [0.717, 1.165) is 24.3 Å². The van der Waals surface area contributed by atoms with Crippen LogP contribution in [0.1, 0.15) is 17.3 Å². The fourth-order valence-electron chi connectivity index (χ4n) is 1.23. The van der Waals surface area contributed by atoms with Crippen molar-refractivity contribution in [1.82, 2.24) is 0 Å². The van der Waals surface area contributed by atoms with Crippen LogP contribution in [0.5, 0.6) is 5.75 Å². The summed E-state index contributed by atoms with van der Waals surface area (Å²) in [6.45, 7) is -0.203. The molecule has 112 valence electrons. The van der Waals surface area contributed by atoms with Crippen molar-refractivity contribution >= 4 is 5.97 Å². The zero-order chi connectivity index (χ0) is 15.8. The average molecular weight is 302 g/mol. The predicted molar refractivity (Wildman–Crippen MR) is 54.5 cm³/mol. The molecule has 0 unspecified atom stereocenters. The standard InChI is InChI=1S/C11H8F6O3/c1-9(10(12,13)14,11(15,16)17)20-7-5-3-2-4-6(7)8(18)19/h2-5H,1H3,(H,18,19). The van der Waals surface area contributed by atoms with Crippen molar-refractivity contribution in [2.45, 2.75) is 24.9 Å². The van der Waals surface area contributed by atoms with E-state index in [2.05, 4.69) is 4.74 Å². The van der Waals surface area contributed by atoms with Gasteiger partial charge in [-0.05, 0) is 19.1 Å². The first-order valence-electron chi connectivity index (χ1n) is 5.05. The minimum Gasteiger partial charge on any atom is -0.478 e. The van der Waals surface area contributed by atoms with Gasteiger partial charge in [-0.1, -0.05) is 12.1 Å². The number of carboxylic acids is 1. The SMILES string of the molecule is CC(Oc1ccccc1C(=O)O)(C(F)(F)F)C(F)(F)F. The van der Waals surface area contributed by atoms with E-state index in [9.17, 15) is 31.1 Å². The van der Waals surface area contributed by atoms with Crippen molar-refractivity contribution in [2.24, 2.45) is 0 Å². The van der Waals surface area contributed by atoms with Gasteiger partial charge in [0.15, 0.2) is 0 Å². The molecule has 0 fully saturated rings. The molecule has 9 heteroatoms. The Bertz CT molecular complexity index is 492. The van der Waals surface area contributed by atoms with Crippen LogP contribution in [0.25, 0.3) is 0 Å². The van der Waals surface area contributed by atoms with Gasteiger partial charge in [0.25, 0.3) is 5.60 Å². The lowest BCUT2D eigenvalue weighted by molar-refractivity contribution is -0.350. The Morgan fingerprint density at radius 3 is 1.90 bits per heavy atom. The molecule has 0 bridgehead atoms. The Labute approximate surface area is 108 Å². The van der Waals surface area contributed by atoms with Crippen molar-refractivity contribution in [3.8, 4) is 5.75 Å². The van der Waals surface area contributed by atoms with Gasteiger partial charge in [0, 0.05) is 0 Å². The van der Waals surface area contributed by atoms with Gasteiger partial charge in [0.05, 0.1) is 0 Å². The molecule has 0 radical (unpaired) electrons. The van der Waals surface area contributed by atoms with Crippen molar-refractivity contribution < 1.29 is 41.0 Å². The molecule has 1 aromatic carbocycles. The lowest BCUT2D eigenvalue weighted by Gasteiger charge is -2.34. The van der Waals surface area contributed by atoms with Crippen molar-refractivity contribution in [3.63, 3.8) is 0 Å². The highest BCUT2D eigenvalue weighted by atomic mass is 19.4. The first-order valence-corrected chi connectivity index (χ1v) is 5.05. The summed E-state index contributed by atoms with van der Waals surface area (Å²) in [6.07, 6.45) is -11.5. The van der Waals surface area contributed by atoms with E-state index in [1.807, 2.05) is 0 Å². The Morgan fingerprint density at radius 1 is 1.05 bits per heavy atom. The number of hydrogen-bond acceptors (Lipinski definition) is 2. The molecular formula is C11H8F6O3. The van der Waals surface area contributed by atoms with Crippen LogP contribution in [-0.4, -0.2) is 29.0 Å². The van der Waals surface area contributed by atoms with E-state index < -0.39 is 35.2 Å². The maximum atomic E-state index is 12.6. The van der Waals surface area contributed by atoms with Crippen LogP contribution in [0.4, 0.5) is 26.3 Å². The van der Waals surface area contributed by atoms with Gasteiger partial charge in [0.2, 0.25) is 0 Å². The van der Waals surface area contributed by atoms with E-state index in [1.54, 1.807) is 0 Å². The Balaban J connectivity index is 3.33. The fourth-order valence-corrected chi connectivity index (χ4v) is 1.23. The number of para-hydroxylation sites is 1. The molecule has 0 atom stereocenters. The van der Waals surface area contributed by atoms with Crippen LogP contribution in [0.2, 0.25) is 0 Å². The second-order valence-corrected chi connectivity index (χ2v) is 3.93. The highest BCUT2D eigenvalue weighted by molar-refractivity contribution is 5.90. The normalized spacial score (nSPS) is 13.2. The second-order valence-electron chi connectivity index (χ2n) is 3.93. The summed E-state index contributed by atoms with van der Waals surface area (Å²) in [5.74, 6) is -2.72. The summed E-state index contributed by atoms with van der Waals surface area (Å²) < 4.78 is 79.8. The van der Waals surface area contributed by atoms with E-state index in [-0.39, 0.29) is 6.92 Å². The molecule has 0 aliphatic carbocycles. The van der Waals surface area contributed by atoms with Gasteiger partial charge in [0.1, 0.15) is 11.3 Å². The maximum Gasteiger partial charge on any atom is 0.437 e. The number of benzene rings is 1. The van der Waals surface area contributed by atoms with Gasteiger partial charge in [-0.2, -0.15) is 26.3 Å². The molecule has 1 rings (SSSR count). The summed E-state index contributed by atoms with van der Waals surface area (Å²) in [6, 6.07) is 3.77. The smallest absolute Gasteiger partial charge is 0.437 e. The molecule has 0 aliphatic heterocycles. The summed E-state index contributed by atoms with van der Waals surface area (Å²) in [4.78, 5) is 10.8. The first kappa shape index (κ1) is 16.1. The van der Waals surface area contributed by atoms with E-state index in [0.29, 0.717) is 0 Å². The number of rotatable bonds is 3. The molecule has 1 N–H and O–H groups in total. The molecule has 1 aromatic rings. The molecular weight excluding hydrogens is 294 g/mol. The molecule has 0 saturated carbocycles. The monoisotopic (exact) mass is 302 g/mol. The molecule has 0 saturated heterocycles. The Morgan fingerprint density at radius 2 is 1.50 bits per heavy atom. The first-order chi connectivity index (χ1) is 8.90. The zero-order valence-corrected chi connectivity index (χ0v) is 9.84. The van der Waals surface area contributed by atoms with Crippen LogP contribution < -0.4 is 4.74 Å². The van der Waals surface area contributed by atoms with E-state index >= 15 is 0 Å². The molecule has 0 amide bonds. The summed E-state index contributed by atoms with van der Waals surface area (Å²) in [7, 11) is 0. The number of halogens is 6. The van der Waals surface area contributed by atoms with Crippen molar-refractivity contribution in [3.05, 3.63) is 29.8 Å². The molecule has 0 aliphatic rings. The molecule has 0 aromatic heterocycles. The third kappa shape index (κ3) is 2.81. The second kappa shape index (κ2) is 4.88. The fraction of sp³-hybridized carbons (Fsp3) is 0.364. The summed E-state index contributed by atoms with van der Waals surface area (Å²) in [5, 5.41) is 8.73. The summed E-state index contributed by atoms with van der Waals surface area (Å²) >= 11 is 0. The van der Waals surface area contributed by atoms with Crippen LogP contribution in [0, 0.1) is 0 Å². The van der Waals surface area contributed by atoms with Crippen molar-refractivity contribution in [2.75, 3.05) is 0 Å². The minimum atomic E-state index is -5.77. The van der Waals surface area contributed by atoms with Crippen LogP contribution >= 0.6 is 0 Å². The van der Waals surface area contributed by atoms with Gasteiger partial charge in [-0.3, -0.25) is 0 Å². The predicted octanol–water partition coefficient (Wildman–Crippen LogP) is 3.65. The van der Waals surface area contributed by atoms with Crippen LogP contribution in [-0.2, 0) is 0 Å². The number of aromatic carboxylic acids is 1. The third-order valence-corrected chi connectivity index (χ3v) is 2.51. The highest BCUT2D eigenvalue weighted by Crippen LogP contribution is 2.46. The molecule has 3 nitrogen and oxygen atoms in total. The van der Waals surface area contributed by atoms with Crippen LogP contribution in [0.15, 0.2) is 24.3 Å². The van der Waals surface area contributed by atoms with Gasteiger partial charge in [-0.15, -0.1) is 0 Å². The topological polar surface area (TPSA) is 46.5 Å². The van der Waals surface area contributed by atoms with E-state index in [1.165, 1.54) is 0 Å². The summed E-state index contributed by atoms with van der Waals surface area (Å²) in [5.41, 5.74) is -5.31. The van der Waals surface area contributed by atoms with Gasteiger partial charge >= 0.3 is 18.3 Å². The number of ether oxygens (including phenoxy) is 1. The number of carbonyl (C=O) groups is 1. The van der Waals surface area contributed by atoms with Gasteiger partial charge < -0.3 is 9.84 Å².